The summed E-state index contributed by atoms with van der Waals surface area (Å²) in [6.45, 7) is 9.94. The van der Waals surface area contributed by atoms with Gasteiger partial charge in [0.2, 0.25) is 5.28 Å². The Labute approximate surface area is 181 Å². The number of hydrogen-bond donors (Lipinski definition) is 0. The number of imidazole rings is 1. The largest absolute Gasteiger partial charge is 0.381 e. The van der Waals surface area contributed by atoms with Crippen molar-refractivity contribution in [2.45, 2.75) is 25.4 Å². The zero-order valence-corrected chi connectivity index (χ0v) is 18.4. The highest BCUT2D eigenvalue weighted by Crippen LogP contribution is 2.27. The number of anilines is 1. The Kier molecular flexibility index (Phi) is 6.06. The molecule has 9 nitrogen and oxygen atoms in total. The molecule has 3 saturated heterocycles. The summed E-state index contributed by atoms with van der Waals surface area (Å²) in [5.41, 5.74) is 1.63. The van der Waals surface area contributed by atoms with Crippen LogP contribution in [0.25, 0.3) is 11.2 Å². The van der Waals surface area contributed by atoms with Crippen molar-refractivity contribution >= 4 is 28.6 Å². The molecule has 2 aromatic rings. The number of nitrogens with zero attached hydrogens (tertiary/aromatic N) is 7. The molecular weight excluding hydrogens is 406 g/mol. The third-order valence-electron chi connectivity index (χ3n) is 6.56. The van der Waals surface area contributed by atoms with Crippen molar-refractivity contribution in [1.29, 1.82) is 0 Å². The first-order valence-electron chi connectivity index (χ1n) is 10.9. The second-order valence-electron chi connectivity index (χ2n) is 8.33. The number of morpholine rings is 1. The molecule has 5 rings (SSSR count). The van der Waals surface area contributed by atoms with E-state index in [0.717, 1.165) is 94.7 Å². The first kappa shape index (κ1) is 20.4. The van der Waals surface area contributed by atoms with Crippen molar-refractivity contribution in [3.05, 3.63) is 11.1 Å². The van der Waals surface area contributed by atoms with E-state index in [1.54, 1.807) is 0 Å². The molecule has 0 saturated carbocycles. The summed E-state index contributed by atoms with van der Waals surface area (Å²) in [4.78, 5) is 21.3. The van der Waals surface area contributed by atoms with Crippen LogP contribution in [-0.4, -0.2) is 101 Å². The third-order valence-corrected chi connectivity index (χ3v) is 6.72. The molecule has 10 heteroatoms. The molecule has 0 spiro atoms. The lowest BCUT2D eigenvalue weighted by molar-refractivity contribution is 0.0122. The van der Waals surface area contributed by atoms with Crippen LogP contribution in [0.1, 0.15) is 18.7 Å². The lowest BCUT2D eigenvalue weighted by atomic mass is 10.1. The van der Waals surface area contributed by atoms with E-state index in [1.165, 1.54) is 0 Å². The minimum absolute atomic E-state index is 0.267. The lowest BCUT2D eigenvalue weighted by Gasteiger charge is -2.40. The first-order valence-corrected chi connectivity index (χ1v) is 11.3. The van der Waals surface area contributed by atoms with Crippen LogP contribution in [0.15, 0.2) is 0 Å². The second kappa shape index (κ2) is 8.92. The van der Waals surface area contributed by atoms with Crippen LogP contribution in [0.3, 0.4) is 0 Å². The van der Waals surface area contributed by atoms with Crippen LogP contribution in [0.2, 0.25) is 5.28 Å². The molecule has 0 radical (unpaired) electrons. The molecule has 3 aliphatic heterocycles. The number of piperazine rings is 1. The van der Waals surface area contributed by atoms with Gasteiger partial charge in [0.15, 0.2) is 17.0 Å². The standard InChI is InChI=1S/C20H30ClN7O2/c1-25-16(14-26-4-6-27(7-5-26)15-2-10-29-11-3-15)22-17-18(25)23-20(21)24-19(17)28-8-12-30-13-9-28/h15H,2-14H2,1H3. The normalized spacial score (nSPS) is 22.8. The molecule has 30 heavy (non-hydrogen) atoms. The Hall–Kier alpha value is -1.52. The zero-order chi connectivity index (χ0) is 20.5. The summed E-state index contributed by atoms with van der Waals surface area (Å²) in [6, 6.07) is 0.685. The van der Waals surface area contributed by atoms with Crippen molar-refractivity contribution in [1.82, 2.24) is 29.3 Å². The Morgan fingerprint density at radius 1 is 0.900 bits per heavy atom. The molecule has 0 atom stereocenters. The number of ether oxygens (including phenoxy) is 2. The van der Waals surface area contributed by atoms with E-state index >= 15 is 0 Å². The maximum atomic E-state index is 6.26. The van der Waals surface area contributed by atoms with Gasteiger partial charge in [-0.15, -0.1) is 0 Å². The number of hydrogen-bond acceptors (Lipinski definition) is 8. The number of rotatable bonds is 4. The molecule has 0 bridgehead atoms. The molecule has 5 heterocycles. The molecule has 2 aromatic heterocycles. The van der Waals surface area contributed by atoms with Gasteiger partial charge in [0.05, 0.1) is 19.8 Å². The molecule has 0 aliphatic carbocycles. The summed E-state index contributed by atoms with van der Waals surface area (Å²) in [5, 5.41) is 0.267. The molecule has 0 unspecified atom stereocenters. The van der Waals surface area contributed by atoms with Gasteiger partial charge in [-0.25, -0.2) is 4.98 Å². The maximum Gasteiger partial charge on any atom is 0.226 e. The molecule has 0 aromatic carbocycles. The molecule has 164 valence electrons. The Bertz CT molecular complexity index is 872. The summed E-state index contributed by atoms with van der Waals surface area (Å²) in [6.07, 6.45) is 2.32. The highest BCUT2D eigenvalue weighted by molar-refractivity contribution is 6.28. The average molecular weight is 436 g/mol. The lowest BCUT2D eigenvalue weighted by Crippen LogP contribution is -2.51. The minimum Gasteiger partial charge on any atom is -0.381 e. The number of aromatic nitrogens is 4. The number of fused-ring (bicyclic) bond motifs is 1. The summed E-state index contributed by atoms with van der Waals surface area (Å²) >= 11 is 6.26. The molecular formula is C20H30ClN7O2. The van der Waals surface area contributed by atoms with Crippen LogP contribution in [0, 0.1) is 0 Å². The van der Waals surface area contributed by atoms with Gasteiger partial charge in [0.25, 0.3) is 0 Å². The van der Waals surface area contributed by atoms with E-state index in [2.05, 4.69) is 29.2 Å². The fraction of sp³-hybridized carbons (Fsp3) is 0.750. The van der Waals surface area contributed by atoms with Gasteiger partial charge in [-0.2, -0.15) is 9.97 Å². The van der Waals surface area contributed by atoms with Crippen molar-refractivity contribution < 1.29 is 9.47 Å². The number of halogens is 1. The second-order valence-corrected chi connectivity index (χ2v) is 8.67. The number of aryl methyl sites for hydroxylation is 1. The van der Waals surface area contributed by atoms with Gasteiger partial charge in [-0.3, -0.25) is 9.80 Å². The average Bonchev–Trinajstić information content (AvgIpc) is 3.10. The minimum atomic E-state index is 0.267. The van der Waals surface area contributed by atoms with Crippen molar-refractivity contribution in [2.75, 3.05) is 70.6 Å². The zero-order valence-electron chi connectivity index (χ0n) is 17.6. The SMILES string of the molecule is Cn1c(CN2CCN(C3CCOCC3)CC2)nc2c(N3CCOCC3)nc(Cl)nc21. The summed E-state index contributed by atoms with van der Waals surface area (Å²) in [7, 11) is 2.02. The van der Waals surface area contributed by atoms with Gasteiger partial charge in [-0.1, -0.05) is 0 Å². The van der Waals surface area contributed by atoms with E-state index in [4.69, 9.17) is 26.1 Å². The van der Waals surface area contributed by atoms with Crippen molar-refractivity contribution in [3.63, 3.8) is 0 Å². The molecule has 3 fully saturated rings. The fourth-order valence-electron chi connectivity index (χ4n) is 4.74. The van der Waals surface area contributed by atoms with E-state index < -0.39 is 0 Å². The summed E-state index contributed by atoms with van der Waals surface area (Å²) < 4.78 is 13.1. The van der Waals surface area contributed by atoms with Gasteiger partial charge in [0, 0.05) is 65.6 Å². The van der Waals surface area contributed by atoms with Crippen LogP contribution in [0.4, 0.5) is 5.82 Å². The Morgan fingerprint density at radius 2 is 1.60 bits per heavy atom. The highest BCUT2D eigenvalue weighted by Gasteiger charge is 2.27. The third kappa shape index (κ3) is 4.13. The van der Waals surface area contributed by atoms with Crippen molar-refractivity contribution in [2.24, 2.45) is 7.05 Å². The van der Waals surface area contributed by atoms with Crippen molar-refractivity contribution in [3.8, 4) is 0 Å². The van der Waals surface area contributed by atoms with Crippen LogP contribution in [0.5, 0.6) is 0 Å². The Balaban J connectivity index is 1.31. The predicted molar refractivity (Wildman–Crippen MR) is 115 cm³/mol. The maximum absolute atomic E-state index is 6.26. The Morgan fingerprint density at radius 3 is 2.33 bits per heavy atom. The van der Waals surface area contributed by atoms with E-state index in [9.17, 15) is 0 Å². The smallest absolute Gasteiger partial charge is 0.226 e. The predicted octanol–water partition coefficient (Wildman–Crippen LogP) is 1.15. The van der Waals surface area contributed by atoms with Gasteiger partial charge >= 0.3 is 0 Å². The van der Waals surface area contributed by atoms with E-state index in [1.807, 2.05) is 7.05 Å². The highest BCUT2D eigenvalue weighted by atomic mass is 35.5. The quantitative estimate of drug-likeness (QED) is 0.662. The first-order chi connectivity index (χ1) is 14.7. The van der Waals surface area contributed by atoms with Crippen LogP contribution in [-0.2, 0) is 23.1 Å². The van der Waals surface area contributed by atoms with Gasteiger partial charge in [-0.05, 0) is 24.4 Å². The molecule has 3 aliphatic rings. The fourth-order valence-corrected chi connectivity index (χ4v) is 4.90. The van der Waals surface area contributed by atoms with Crippen LogP contribution >= 0.6 is 11.6 Å². The van der Waals surface area contributed by atoms with E-state index in [0.29, 0.717) is 19.3 Å². The van der Waals surface area contributed by atoms with E-state index in [-0.39, 0.29) is 5.28 Å². The topological polar surface area (TPSA) is 71.8 Å². The van der Waals surface area contributed by atoms with Crippen LogP contribution < -0.4 is 4.90 Å². The van der Waals surface area contributed by atoms with Gasteiger partial charge < -0.3 is 18.9 Å². The molecule has 0 amide bonds. The van der Waals surface area contributed by atoms with Gasteiger partial charge in [0.1, 0.15) is 5.82 Å². The molecule has 0 N–H and O–H groups in total. The summed E-state index contributed by atoms with van der Waals surface area (Å²) in [5.74, 6) is 1.83. The monoisotopic (exact) mass is 435 g/mol.